The molecule has 180 valence electrons. The zero-order valence-corrected chi connectivity index (χ0v) is 20.2. The van der Waals surface area contributed by atoms with Crippen LogP contribution in [0.1, 0.15) is 37.2 Å². The molecule has 8 nitrogen and oxygen atoms in total. The fourth-order valence-corrected chi connectivity index (χ4v) is 4.77. The van der Waals surface area contributed by atoms with Crippen LogP contribution in [0.15, 0.2) is 40.6 Å². The van der Waals surface area contributed by atoms with Crippen molar-refractivity contribution < 1.29 is 13.9 Å². The third-order valence-corrected chi connectivity index (χ3v) is 6.73. The molecule has 1 amide bonds. The van der Waals surface area contributed by atoms with Gasteiger partial charge in [0.15, 0.2) is 5.76 Å². The zero-order valence-electron chi connectivity index (χ0n) is 20.2. The van der Waals surface area contributed by atoms with Crippen LogP contribution in [0, 0.1) is 12.8 Å². The normalized spacial score (nSPS) is 20.9. The van der Waals surface area contributed by atoms with Crippen molar-refractivity contribution in [2.24, 2.45) is 5.92 Å². The van der Waals surface area contributed by atoms with Crippen LogP contribution >= 0.6 is 0 Å². The highest BCUT2D eigenvalue weighted by Crippen LogP contribution is 2.31. The van der Waals surface area contributed by atoms with Crippen LogP contribution in [0.5, 0.6) is 0 Å². The molecule has 1 N–H and O–H groups in total. The molecule has 34 heavy (non-hydrogen) atoms. The Bertz CT molecular complexity index is 1110. The first-order valence-corrected chi connectivity index (χ1v) is 12.2. The highest BCUT2D eigenvalue weighted by molar-refractivity contribution is 5.78. The van der Waals surface area contributed by atoms with E-state index in [1.165, 1.54) is 0 Å². The van der Waals surface area contributed by atoms with Crippen molar-refractivity contribution in [3.05, 3.63) is 53.1 Å². The van der Waals surface area contributed by atoms with Gasteiger partial charge in [-0.25, -0.2) is 9.97 Å². The second-order valence-electron chi connectivity index (χ2n) is 9.54. The summed E-state index contributed by atoms with van der Waals surface area (Å²) in [5.41, 5.74) is 3.79. The van der Waals surface area contributed by atoms with Crippen molar-refractivity contribution in [2.75, 3.05) is 38.2 Å². The number of hydrogen-bond acceptors (Lipinski definition) is 7. The number of morpholine rings is 1. The molecule has 0 aromatic carbocycles. The van der Waals surface area contributed by atoms with Gasteiger partial charge in [-0.15, -0.1) is 0 Å². The van der Waals surface area contributed by atoms with Crippen LogP contribution in [-0.4, -0.2) is 64.6 Å². The summed E-state index contributed by atoms with van der Waals surface area (Å²) >= 11 is 0. The standard InChI is InChI=1S/C26H33N5O3/c1-17(2)25(32)31-9-8-22-19(16-31)14-23(34-22)24-18(3)15-27-26(29-24)28-20-4-6-21(7-5-20)30-10-12-33-13-11-30/h4-6,14-15,17,21H,7-13,16H2,1-3H3,(H,27,28,29). The van der Waals surface area contributed by atoms with Crippen molar-refractivity contribution in [1.82, 2.24) is 19.8 Å². The van der Waals surface area contributed by atoms with E-state index in [9.17, 15) is 4.79 Å². The number of rotatable bonds is 5. The topological polar surface area (TPSA) is 83.7 Å². The summed E-state index contributed by atoms with van der Waals surface area (Å²) in [6.07, 6.45) is 10.1. The molecule has 0 spiro atoms. The number of nitrogens with zero attached hydrogens (tertiary/aromatic N) is 4. The van der Waals surface area contributed by atoms with Crippen LogP contribution in [0.25, 0.3) is 11.5 Å². The molecule has 1 fully saturated rings. The van der Waals surface area contributed by atoms with Gasteiger partial charge >= 0.3 is 0 Å². The average molecular weight is 464 g/mol. The molecule has 5 rings (SSSR count). The van der Waals surface area contributed by atoms with E-state index >= 15 is 0 Å². The van der Waals surface area contributed by atoms with E-state index < -0.39 is 0 Å². The minimum Gasteiger partial charge on any atom is -0.459 e. The molecule has 0 radical (unpaired) electrons. The first-order valence-electron chi connectivity index (χ1n) is 12.2. The van der Waals surface area contributed by atoms with Gasteiger partial charge in [-0.2, -0.15) is 0 Å². The number of allylic oxidation sites excluding steroid dienone is 1. The molecule has 2 aliphatic heterocycles. The molecular formula is C26H33N5O3. The molecule has 3 aliphatic rings. The van der Waals surface area contributed by atoms with E-state index in [4.69, 9.17) is 14.1 Å². The Morgan fingerprint density at radius 3 is 2.79 bits per heavy atom. The first kappa shape index (κ1) is 22.8. The minimum absolute atomic E-state index is 0.00190. The third kappa shape index (κ3) is 4.79. The number of hydrogen-bond donors (Lipinski definition) is 1. The summed E-state index contributed by atoms with van der Waals surface area (Å²) in [5.74, 6) is 2.41. The van der Waals surface area contributed by atoms with Crippen molar-refractivity contribution >= 4 is 11.9 Å². The lowest BCUT2D eigenvalue weighted by atomic mass is 10.0. The summed E-state index contributed by atoms with van der Waals surface area (Å²) in [7, 11) is 0. The number of carbonyl (C=O) groups excluding carboxylic acids is 1. The predicted molar refractivity (Wildman–Crippen MR) is 130 cm³/mol. The Hall–Kier alpha value is -2.97. The number of amides is 1. The Balaban J connectivity index is 1.28. The average Bonchev–Trinajstić information content (AvgIpc) is 3.29. The van der Waals surface area contributed by atoms with Crippen molar-refractivity contribution in [3.63, 3.8) is 0 Å². The minimum atomic E-state index is -0.00190. The summed E-state index contributed by atoms with van der Waals surface area (Å²) in [4.78, 5) is 26.1. The Morgan fingerprint density at radius 1 is 1.24 bits per heavy atom. The van der Waals surface area contributed by atoms with Crippen molar-refractivity contribution in [1.29, 1.82) is 0 Å². The smallest absolute Gasteiger partial charge is 0.227 e. The Kier molecular flexibility index (Phi) is 6.52. The van der Waals surface area contributed by atoms with E-state index in [0.29, 0.717) is 25.1 Å². The quantitative estimate of drug-likeness (QED) is 0.726. The Morgan fingerprint density at radius 2 is 2.06 bits per heavy atom. The van der Waals surface area contributed by atoms with Gasteiger partial charge in [-0.3, -0.25) is 9.69 Å². The molecule has 8 heteroatoms. The van der Waals surface area contributed by atoms with Gasteiger partial charge < -0.3 is 19.4 Å². The lowest BCUT2D eigenvalue weighted by Crippen LogP contribution is -2.43. The molecule has 1 unspecified atom stereocenters. The van der Waals surface area contributed by atoms with E-state index in [2.05, 4.69) is 33.4 Å². The van der Waals surface area contributed by atoms with E-state index in [-0.39, 0.29) is 11.8 Å². The molecular weight excluding hydrogens is 430 g/mol. The maximum Gasteiger partial charge on any atom is 0.227 e. The van der Waals surface area contributed by atoms with Crippen LogP contribution in [0.2, 0.25) is 0 Å². The molecule has 2 aromatic rings. The Labute approximate surface area is 200 Å². The van der Waals surface area contributed by atoms with Gasteiger partial charge in [-0.1, -0.05) is 26.0 Å². The van der Waals surface area contributed by atoms with E-state index in [1.807, 2.05) is 37.9 Å². The lowest BCUT2D eigenvalue weighted by Gasteiger charge is -2.33. The SMILES string of the molecule is Cc1cnc(NC2=CCC(N3CCOCC3)C=C2)nc1-c1cc2c(o1)CCN(C(=O)C(C)C)C2. The fourth-order valence-electron chi connectivity index (χ4n) is 4.77. The number of carbonyl (C=O) groups is 1. The van der Waals surface area contributed by atoms with Crippen LogP contribution in [0.4, 0.5) is 5.95 Å². The maximum absolute atomic E-state index is 12.4. The first-order chi connectivity index (χ1) is 16.5. The van der Waals surface area contributed by atoms with E-state index in [0.717, 1.165) is 73.2 Å². The van der Waals surface area contributed by atoms with E-state index in [1.54, 1.807) is 0 Å². The highest BCUT2D eigenvalue weighted by Gasteiger charge is 2.26. The molecule has 4 heterocycles. The lowest BCUT2D eigenvalue weighted by molar-refractivity contribution is -0.135. The summed E-state index contributed by atoms with van der Waals surface area (Å²) in [6.45, 7) is 10.7. The third-order valence-electron chi connectivity index (χ3n) is 6.73. The molecule has 2 aromatic heterocycles. The van der Waals surface area contributed by atoms with Crippen molar-refractivity contribution in [2.45, 2.75) is 46.2 Å². The number of fused-ring (bicyclic) bond motifs is 1. The molecule has 0 bridgehead atoms. The van der Waals surface area contributed by atoms with Crippen molar-refractivity contribution in [3.8, 4) is 11.5 Å². The number of anilines is 1. The van der Waals surface area contributed by atoms with Gasteiger partial charge in [0.1, 0.15) is 11.5 Å². The number of furan rings is 1. The van der Waals surface area contributed by atoms with Gasteiger partial charge in [0.2, 0.25) is 11.9 Å². The predicted octanol–water partition coefficient (Wildman–Crippen LogP) is 3.54. The number of nitrogens with one attached hydrogen (secondary N) is 1. The largest absolute Gasteiger partial charge is 0.459 e. The number of aromatic nitrogens is 2. The molecule has 1 atom stereocenters. The molecule has 0 saturated carbocycles. The molecule has 1 saturated heterocycles. The second kappa shape index (κ2) is 9.72. The van der Waals surface area contributed by atoms with Gasteiger partial charge in [0.05, 0.1) is 13.2 Å². The van der Waals surface area contributed by atoms with Gasteiger partial charge in [0.25, 0.3) is 0 Å². The number of aryl methyl sites for hydroxylation is 1. The zero-order chi connectivity index (χ0) is 23.7. The number of ether oxygens (including phenoxy) is 1. The van der Waals surface area contributed by atoms with Crippen LogP contribution < -0.4 is 5.32 Å². The van der Waals surface area contributed by atoms with Crippen LogP contribution in [-0.2, 0) is 22.5 Å². The maximum atomic E-state index is 12.4. The fraction of sp³-hybridized carbons (Fsp3) is 0.500. The van der Waals surface area contributed by atoms with Crippen LogP contribution in [0.3, 0.4) is 0 Å². The summed E-state index contributed by atoms with van der Waals surface area (Å²) in [6, 6.07) is 2.45. The summed E-state index contributed by atoms with van der Waals surface area (Å²) in [5, 5.41) is 3.35. The summed E-state index contributed by atoms with van der Waals surface area (Å²) < 4.78 is 11.7. The highest BCUT2D eigenvalue weighted by atomic mass is 16.5. The van der Waals surface area contributed by atoms with Gasteiger partial charge in [0, 0.05) is 62.0 Å². The molecule has 1 aliphatic carbocycles. The second-order valence-corrected chi connectivity index (χ2v) is 9.54. The monoisotopic (exact) mass is 463 g/mol. The van der Waals surface area contributed by atoms with Gasteiger partial charge in [-0.05, 0) is 31.1 Å².